The molecule has 14 nitrogen and oxygen atoms in total. The Labute approximate surface area is 296 Å². The molecule has 266 valence electrons. The van der Waals surface area contributed by atoms with Gasteiger partial charge in [-0.2, -0.15) is 5.26 Å². The van der Waals surface area contributed by atoms with E-state index in [1.807, 2.05) is 53.1 Å². The number of hydrogen-bond donors (Lipinski definition) is 2. The summed E-state index contributed by atoms with van der Waals surface area (Å²) in [5, 5.41) is 28.8. The van der Waals surface area contributed by atoms with Crippen LogP contribution in [0.3, 0.4) is 0 Å². The van der Waals surface area contributed by atoms with Crippen LogP contribution in [0, 0.1) is 17.2 Å². The summed E-state index contributed by atoms with van der Waals surface area (Å²) >= 11 is 0. The average Bonchev–Trinajstić information content (AvgIpc) is 3.55. The van der Waals surface area contributed by atoms with Gasteiger partial charge in [-0.15, -0.1) is 5.10 Å². The number of ether oxygens (including phenoxy) is 2. The van der Waals surface area contributed by atoms with E-state index >= 15 is 0 Å². The molecule has 4 atom stereocenters. The van der Waals surface area contributed by atoms with Crippen molar-refractivity contribution in [3.8, 4) is 6.07 Å². The maximum atomic E-state index is 13.7. The number of carbonyl (C=O) groups excluding carboxylic acids is 3. The highest BCUT2D eigenvalue weighted by Crippen LogP contribution is 2.48. The predicted molar refractivity (Wildman–Crippen MR) is 183 cm³/mol. The number of nitrogens with one attached hydrogen (secondary N) is 2. The highest BCUT2D eigenvalue weighted by atomic mass is 16.5. The SMILES string of the molecule is C[C@H](CC1(c2nnn[nH]2)c2ccc(C(=O)N3CCOCC3)cc2CCc2cc(C(=O)N3CCOCC3)ccc21)NCC(=O)N1C(C#N)C[C@@H]2C[C@@H]21. The summed E-state index contributed by atoms with van der Waals surface area (Å²) in [4.78, 5) is 46.2. The Morgan fingerprint density at radius 3 is 2.06 bits per heavy atom. The third-order valence-corrected chi connectivity index (χ3v) is 11.4. The first-order chi connectivity index (χ1) is 24.9. The van der Waals surface area contributed by atoms with Crippen molar-refractivity contribution in [1.29, 1.82) is 5.26 Å². The number of nitrogens with zero attached hydrogens (tertiary/aromatic N) is 7. The van der Waals surface area contributed by atoms with Gasteiger partial charge in [-0.1, -0.05) is 12.1 Å². The number of aromatic nitrogens is 4. The van der Waals surface area contributed by atoms with E-state index < -0.39 is 5.41 Å². The molecule has 1 saturated carbocycles. The van der Waals surface area contributed by atoms with Gasteiger partial charge in [0.1, 0.15) is 6.04 Å². The molecular weight excluding hydrogens is 650 g/mol. The Morgan fingerprint density at radius 2 is 1.53 bits per heavy atom. The van der Waals surface area contributed by atoms with E-state index in [2.05, 4.69) is 32.0 Å². The molecule has 3 saturated heterocycles. The molecular formula is C37H43N9O5. The van der Waals surface area contributed by atoms with Crippen LogP contribution in [0.25, 0.3) is 0 Å². The molecule has 1 unspecified atom stereocenters. The normalized spacial score (nSPS) is 24.1. The number of tetrazole rings is 1. The van der Waals surface area contributed by atoms with Crippen molar-refractivity contribution in [2.45, 2.75) is 62.6 Å². The molecule has 0 bridgehead atoms. The zero-order chi connectivity index (χ0) is 35.1. The van der Waals surface area contributed by atoms with Crippen molar-refractivity contribution in [2.75, 3.05) is 59.2 Å². The first kappa shape index (κ1) is 33.4. The lowest BCUT2D eigenvalue weighted by Gasteiger charge is -2.37. The molecule has 0 radical (unpaired) electrons. The van der Waals surface area contributed by atoms with E-state index in [9.17, 15) is 19.6 Å². The van der Waals surface area contributed by atoms with Crippen LogP contribution in [0.5, 0.6) is 0 Å². The second-order valence-corrected chi connectivity index (χ2v) is 14.4. The minimum absolute atomic E-state index is 0.0303. The first-order valence-electron chi connectivity index (χ1n) is 18.1. The average molecular weight is 694 g/mol. The van der Waals surface area contributed by atoms with E-state index in [-0.39, 0.29) is 42.4 Å². The molecule has 5 aliphatic rings. The number of piperidine rings is 1. The Kier molecular flexibility index (Phi) is 9.03. The summed E-state index contributed by atoms with van der Waals surface area (Å²) in [6, 6.07) is 13.7. The molecule has 2 aliphatic carbocycles. The Morgan fingerprint density at radius 1 is 0.941 bits per heavy atom. The molecule has 3 aliphatic heterocycles. The number of fused-ring (bicyclic) bond motifs is 3. The van der Waals surface area contributed by atoms with Crippen molar-refractivity contribution in [2.24, 2.45) is 5.92 Å². The van der Waals surface area contributed by atoms with Crippen molar-refractivity contribution in [1.82, 2.24) is 40.6 Å². The van der Waals surface area contributed by atoms with E-state index in [1.165, 1.54) is 0 Å². The predicted octanol–water partition coefficient (Wildman–Crippen LogP) is 1.46. The van der Waals surface area contributed by atoms with Gasteiger partial charge in [-0.05, 0) is 102 Å². The molecule has 2 aromatic carbocycles. The maximum Gasteiger partial charge on any atom is 0.254 e. The highest BCUT2D eigenvalue weighted by Gasteiger charge is 2.54. The van der Waals surface area contributed by atoms with Gasteiger partial charge in [0.05, 0.1) is 44.5 Å². The van der Waals surface area contributed by atoms with Gasteiger partial charge >= 0.3 is 0 Å². The zero-order valence-corrected chi connectivity index (χ0v) is 28.8. The van der Waals surface area contributed by atoms with Crippen molar-refractivity contribution >= 4 is 17.7 Å². The number of aromatic amines is 1. The molecule has 51 heavy (non-hydrogen) atoms. The fourth-order valence-electron chi connectivity index (χ4n) is 8.74. The summed E-state index contributed by atoms with van der Waals surface area (Å²) in [5.74, 6) is 0.857. The molecule has 14 heteroatoms. The summed E-state index contributed by atoms with van der Waals surface area (Å²) in [6.45, 7) is 6.40. The van der Waals surface area contributed by atoms with Gasteiger partial charge in [-0.3, -0.25) is 14.4 Å². The van der Waals surface area contributed by atoms with Crippen LogP contribution >= 0.6 is 0 Å². The third-order valence-electron chi connectivity index (χ3n) is 11.4. The van der Waals surface area contributed by atoms with Crippen LogP contribution in [-0.4, -0.2) is 130 Å². The number of H-pyrrole nitrogens is 1. The lowest BCUT2D eigenvalue weighted by molar-refractivity contribution is -0.131. The fraction of sp³-hybridized carbons (Fsp3) is 0.541. The summed E-state index contributed by atoms with van der Waals surface area (Å²) in [6.07, 6.45) is 3.47. The Balaban J connectivity index is 1.17. The molecule has 0 spiro atoms. The fourth-order valence-corrected chi connectivity index (χ4v) is 8.74. The molecule has 3 amide bonds. The summed E-state index contributed by atoms with van der Waals surface area (Å²) in [7, 11) is 0. The number of likely N-dealkylation sites (tertiary alicyclic amines) is 1. The number of carbonyl (C=O) groups is 3. The van der Waals surface area contributed by atoms with Crippen LogP contribution in [0.4, 0.5) is 0 Å². The maximum absolute atomic E-state index is 13.7. The number of benzene rings is 2. The molecule has 1 aromatic heterocycles. The standard InChI is InChI=1S/C37H43N9O5/c1-23(39-22-33(47)46-29(21-38)18-28-19-32(28)46)20-37(36-40-42-43-41-36)30-6-4-26(34(48)44-8-12-50-13-9-44)16-24(30)2-3-25-17-27(5-7-31(25)37)35(49)45-10-14-51-15-11-45/h4-7,16-17,23,28-29,32,39H,2-3,8-15,18-20,22H2,1H3,(H,40,41,42,43)/t23-,28-,29?,32+/m1/s1. The van der Waals surface area contributed by atoms with Gasteiger partial charge in [0.2, 0.25) is 5.91 Å². The largest absolute Gasteiger partial charge is 0.378 e. The van der Waals surface area contributed by atoms with Crippen molar-refractivity contribution < 1.29 is 23.9 Å². The van der Waals surface area contributed by atoms with Crippen molar-refractivity contribution in [3.05, 3.63) is 75.6 Å². The van der Waals surface area contributed by atoms with Crippen LogP contribution in [-0.2, 0) is 32.5 Å². The van der Waals surface area contributed by atoms with Gasteiger partial charge in [0.15, 0.2) is 5.82 Å². The topological polar surface area (TPSA) is 170 Å². The summed E-state index contributed by atoms with van der Waals surface area (Å²) in [5.41, 5.74) is 4.25. The molecule has 8 rings (SSSR count). The number of hydrogen-bond acceptors (Lipinski definition) is 10. The lowest BCUT2D eigenvalue weighted by atomic mass is 9.67. The zero-order valence-electron chi connectivity index (χ0n) is 28.8. The van der Waals surface area contributed by atoms with Gasteiger partial charge < -0.3 is 29.5 Å². The van der Waals surface area contributed by atoms with Crippen molar-refractivity contribution in [3.63, 3.8) is 0 Å². The van der Waals surface area contributed by atoms with Crippen LogP contribution in [0.2, 0.25) is 0 Å². The van der Waals surface area contributed by atoms with Gasteiger partial charge in [0, 0.05) is 49.4 Å². The molecule has 3 aromatic rings. The van der Waals surface area contributed by atoms with Gasteiger partial charge in [-0.25, -0.2) is 5.10 Å². The molecule has 4 fully saturated rings. The molecule has 4 heterocycles. The smallest absolute Gasteiger partial charge is 0.254 e. The molecule has 2 N–H and O–H groups in total. The Hall–Kier alpha value is -4.71. The first-order valence-corrected chi connectivity index (χ1v) is 18.1. The minimum Gasteiger partial charge on any atom is -0.378 e. The third kappa shape index (κ3) is 6.17. The minimum atomic E-state index is -0.911. The summed E-state index contributed by atoms with van der Waals surface area (Å²) < 4.78 is 11.0. The van der Waals surface area contributed by atoms with E-state index in [0.717, 1.165) is 35.1 Å². The second kappa shape index (κ2) is 13.8. The number of morpholine rings is 2. The van der Waals surface area contributed by atoms with Gasteiger partial charge in [0.25, 0.3) is 11.8 Å². The monoisotopic (exact) mass is 693 g/mol. The number of rotatable bonds is 8. The van der Waals surface area contributed by atoms with Crippen LogP contribution in [0.15, 0.2) is 36.4 Å². The highest BCUT2D eigenvalue weighted by molar-refractivity contribution is 5.95. The Bertz CT molecular complexity index is 1770. The number of nitriles is 1. The quantitative estimate of drug-likeness (QED) is 0.352. The van der Waals surface area contributed by atoms with E-state index in [4.69, 9.17) is 9.47 Å². The van der Waals surface area contributed by atoms with E-state index in [1.54, 1.807) is 4.90 Å². The second-order valence-electron chi connectivity index (χ2n) is 14.4. The number of amides is 3. The van der Waals surface area contributed by atoms with Crippen LogP contribution in [0.1, 0.15) is 75.0 Å². The van der Waals surface area contributed by atoms with E-state index in [0.29, 0.717) is 94.7 Å². The lowest BCUT2D eigenvalue weighted by Crippen LogP contribution is -2.46. The van der Waals surface area contributed by atoms with Crippen LogP contribution < -0.4 is 5.32 Å². The number of aryl methyl sites for hydroxylation is 2.